The number of pyridine rings is 1. The van der Waals surface area contributed by atoms with Gasteiger partial charge in [0.25, 0.3) is 5.91 Å². The Morgan fingerprint density at radius 1 is 1.12 bits per heavy atom. The lowest BCUT2D eigenvalue weighted by molar-refractivity contribution is -0.0414. The van der Waals surface area contributed by atoms with Crippen LogP contribution >= 0.6 is 0 Å². The van der Waals surface area contributed by atoms with Crippen LogP contribution in [0.3, 0.4) is 0 Å². The minimum atomic E-state index is -2.50. The van der Waals surface area contributed by atoms with Crippen molar-refractivity contribution in [2.24, 2.45) is 4.99 Å². The van der Waals surface area contributed by atoms with Crippen LogP contribution in [-0.4, -0.2) is 54.9 Å². The van der Waals surface area contributed by atoms with Gasteiger partial charge in [0, 0.05) is 50.4 Å². The molecule has 1 aromatic carbocycles. The van der Waals surface area contributed by atoms with Crippen LogP contribution in [0, 0.1) is 6.92 Å². The van der Waals surface area contributed by atoms with E-state index in [1.54, 1.807) is 14.0 Å². The average molecular weight is 458 g/mol. The van der Waals surface area contributed by atoms with Crippen LogP contribution in [0.5, 0.6) is 0 Å². The highest BCUT2D eigenvalue weighted by atomic mass is 19.3. The molecule has 33 heavy (non-hydrogen) atoms. The first-order chi connectivity index (χ1) is 15.7. The lowest BCUT2D eigenvalue weighted by Gasteiger charge is -2.37. The van der Waals surface area contributed by atoms with E-state index in [4.69, 9.17) is 4.98 Å². The van der Waals surface area contributed by atoms with Crippen molar-refractivity contribution in [3.63, 3.8) is 0 Å². The summed E-state index contributed by atoms with van der Waals surface area (Å²) in [5.41, 5.74) is 2.51. The molecule has 178 valence electrons. The maximum atomic E-state index is 13.5. The molecule has 0 bridgehead atoms. The number of aromatic nitrogens is 1. The average Bonchev–Trinajstić information content (AvgIpc) is 2.80. The first-order valence-electron chi connectivity index (χ1n) is 11.8. The summed E-state index contributed by atoms with van der Waals surface area (Å²) < 4.78 is 26.9. The Hall–Kier alpha value is -2.61. The second-order valence-electron chi connectivity index (χ2n) is 9.38. The fourth-order valence-corrected chi connectivity index (χ4v) is 4.78. The van der Waals surface area contributed by atoms with Gasteiger partial charge in [0.05, 0.1) is 16.9 Å². The third-order valence-electron chi connectivity index (χ3n) is 6.81. The number of amides is 1. The van der Waals surface area contributed by atoms with E-state index < -0.39 is 5.92 Å². The van der Waals surface area contributed by atoms with Crippen molar-refractivity contribution >= 4 is 28.5 Å². The summed E-state index contributed by atoms with van der Waals surface area (Å²) in [6.07, 6.45) is 2.78. The summed E-state index contributed by atoms with van der Waals surface area (Å²) in [6, 6.07) is 8.43. The number of aryl methyl sites for hydroxylation is 1. The summed E-state index contributed by atoms with van der Waals surface area (Å²) in [5.74, 6) is -1.48. The Morgan fingerprint density at radius 3 is 2.45 bits per heavy atom. The van der Waals surface area contributed by atoms with Crippen molar-refractivity contribution < 1.29 is 13.6 Å². The van der Waals surface area contributed by atoms with Crippen molar-refractivity contribution in [2.45, 2.75) is 70.4 Å². The van der Waals surface area contributed by atoms with Crippen molar-refractivity contribution in [3.8, 4) is 0 Å². The molecular formula is C25H33F2N5O. The van der Waals surface area contributed by atoms with Crippen molar-refractivity contribution in [1.82, 2.24) is 15.6 Å². The topological polar surface area (TPSA) is 69.6 Å². The number of nitrogens with one attached hydrogen (secondary N) is 2. The predicted octanol–water partition coefficient (Wildman–Crippen LogP) is 4.46. The van der Waals surface area contributed by atoms with Crippen LogP contribution in [-0.2, 0) is 0 Å². The molecule has 0 unspecified atom stereocenters. The van der Waals surface area contributed by atoms with E-state index in [1.165, 1.54) is 0 Å². The number of hydrogen-bond donors (Lipinski definition) is 2. The first-order valence-corrected chi connectivity index (χ1v) is 11.8. The molecule has 6 nitrogen and oxygen atoms in total. The van der Waals surface area contributed by atoms with Crippen molar-refractivity contribution in [3.05, 3.63) is 35.4 Å². The molecule has 1 amide bonds. The van der Waals surface area contributed by atoms with E-state index in [1.807, 2.05) is 31.2 Å². The molecule has 1 aromatic heterocycles. The van der Waals surface area contributed by atoms with Gasteiger partial charge in [-0.2, -0.15) is 0 Å². The highest BCUT2D eigenvalue weighted by Crippen LogP contribution is 2.34. The number of carbonyl (C=O) groups is 1. The van der Waals surface area contributed by atoms with Gasteiger partial charge in [-0.05, 0) is 57.7 Å². The summed E-state index contributed by atoms with van der Waals surface area (Å²) in [4.78, 5) is 24.1. The largest absolute Gasteiger partial charge is 0.356 e. The van der Waals surface area contributed by atoms with Gasteiger partial charge in [0.15, 0.2) is 0 Å². The van der Waals surface area contributed by atoms with Crippen LogP contribution in [0.15, 0.2) is 29.3 Å². The van der Waals surface area contributed by atoms with Crippen LogP contribution in [0.25, 0.3) is 10.9 Å². The SMILES string of the molecule is CN=C(C)NC(=O)c1cc2cc(C)ccc2nc1N1CCC(NC2CCC(F)(F)CC2)CC1. The number of nitrogens with zero attached hydrogens (tertiary/aromatic N) is 3. The molecule has 2 fully saturated rings. The second kappa shape index (κ2) is 9.71. The zero-order chi connectivity index (χ0) is 23.6. The maximum absolute atomic E-state index is 13.5. The number of hydrogen-bond acceptors (Lipinski definition) is 5. The lowest BCUT2D eigenvalue weighted by Crippen LogP contribution is -2.48. The van der Waals surface area contributed by atoms with E-state index in [0.717, 1.165) is 42.4 Å². The normalized spacial score (nSPS) is 20.3. The van der Waals surface area contributed by atoms with Gasteiger partial charge in [-0.1, -0.05) is 11.6 Å². The number of amidine groups is 1. The van der Waals surface area contributed by atoms with E-state index in [0.29, 0.717) is 36.1 Å². The Labute approximate surface area is 193 Å². The molecule has 1 saturated heterocycles. The van der Waals surface area contributed by atoms with Gasteiger partial charge in [-0.15, -0.1) is 0 Å². The summed E-state index contributed by atoms with van der Waals surface area (Å²) >= 11 is 0. The third-order valence-corrected chi connectivity index (χ3v) is 6.81. The molecular weight excluding hydrogens is 424 g/mol. The molecule has 0 spiro atoms. The Morgan fingerprint density at radius 2 is 1.79 bits per heavy atom. The number of anilines is 1. The molecule has 2 aromatic rings. The van der Waals surface area contributed by atoms with E-state index in [2.05, 4.69) is 20.5 Å². The van der Waals surface area contributed by atoms with Crippen LogP contribution in [0.1, 0.15) is 61.4 Å². The van der Waals surface area contributed by atoms with Crippen LogP contribution < -0.4 is 15.5 Å². The number of halogens is 2. The molecule has 0 radical (unpaired) electrons. The molecule has 0 atom stereocenters. The van der Waals surface area contributed by atoms with Crippen LogP contribution in [0.2, 0.25) is 0 Å². The second-order valence-corrected chi connectivity index (χ2v) is 9.38. The number of carbonyl (C=O) groups excluding carboxylic acids is 1. The van der Waals surface area contributed by atoms with Crippen molar-refractivity contribution in [2.75, 3.05) is 25.0 Å². The number of rotatable bonds is 4. The fourth-order valence-electron chi connectivity index (χ4n) is 4.78. The van der Waals surface area contributed by atoms with E-state index >= 15 is 0 Å². The zero-order valence-corrected chi connectivity index (χ0v) is 19.6. The number of piperidine rings is 1. The smallest absolute Gasteiger partial charge is 0.260 e. The maximum Gasteiger partial charge on any atom is 0.260 e. The lowest BCUT2D eigenvalue weighted by atomic mass is 9.91. The highest BCUT2D eigenvalue weighted by Gasteiger charge is 2.36. The number of fused-ring (bicyclic) bond motifs is 1. The monoisotopic (exact) mass is 457 g/mol. The molecule has 4 rings (SSSR count). The Kier molecular flexibility index (Phi) is 6.93. The number of benzene rings is 1. The predicted molar refractivity (Wildman–Crippen MR) is 129 cm³/mol. The molecule has 8 heteroatoms. The molecule has 2 N–H and O–H groups in total. The molecule has 1 aliphatic heterocycles. The zero-order valence-electron chi connectivity index (χ0n) is 19.6. The Balaban J connectivity index is 1.49. The van der Waals surface area contributed by atoms with Gasteiger partial charge >= 0.3 is 0 Å². The summed E-state index contributed by atoms with van der Waals surface area (Å²) in [5, 5.41) is 7.38. The standard InChI is InChI=1S/C25H33F2N5O/c1-16-4-5-22-18(14-16)15-21(24(33)29-17(2)28-3)23(31-22)32-12-8-20(9-13-32)30-19-6-10-25(26,27)11-7-19/h4-5,14-15,19-20,30H,6-13H2,1-3H3,(H,28,29,33). The van der Waals surface area contributed by atoms with Gasteiger partial charge in [-0.25, -0.2) is 13.8 Å². The first kappa shape index (κ1) is 23.5. The van der Waals surface area contributed by atoms with Gasteiger partial charge < -0.3 is 15.5 Å². The molecule has 1 saturated carbocycles. The summed E-state index contributed by atoms with van der Waals surface area (Å²) in [7, 11) is 1.64. The van der Waals surface area contributed by atoms with Gasteiger partial charge in [-0.3, -0.25) is 9.79 Å². The highest BCUT2D eigenvalue weighted by molar-refractivity contribution is 6.09. The molecule has 1 aliphatic carbocycles. The summed E-state index contributed by atoms with van der Waals surface area (Å²) in [6.45, 7) is 5.29. The minimum absolute atomic E-state index is 0.0249. The molecule has 2 aliphatic rings. The quantitative estimate of drug-likeness (QED) is 0.526. The minimum Gasteiger partial charge on any atom is -0.356 e. The van der Waals surface area contributed by atoms with E-state index in [-0.39, 0.29) is 24.8 Å². The fraction of sp³-hybridized carbons (Fsp3) is 0.560. The van der Waals surface area contributed by atoms with Crippen LogP contribution in [0.4, 0.5) is 14.6 Å². The number of aliphatic imine (C=N–C) groups is 1. The van der Waals surface area contributed by atoms with Gasteiger partial charge in [0.2, 0.25) is 5.92 Å². The molecule has 2 heterocycles. The Bertz CT molecular complexity index is 1040. The van der Waals surface area contributed by atoms with Crippen molar-refractivity contribution in [1.29, 1.82) is 0 Å². The number of alkyl halides is 2. The third kappa shape index (κ3) is 5.66. The van der Waals surface area contributed by atoms with E-state index in [9.17, 15) is 13.6 Å². The van der Waals surface area contributed by atoms with Gasteiger partial charge in [0.1, 0.15) is 5.82 Å².